The highest BCUT2D eigenvalue weighted by atomic mass is 32.2. The first kappa shape index (κ1) is 12.0. The van der Waals surface area contributed by atoms with Crippen LogP contribution in [0.25, 0.3) is 0 Å². The number of hydrogen-bond donors (Lipinski definition) is 2. The van der Waals surface area contributed by atoms with Gasteiger partial charge in [0.25, 0.3) is 0 Å². The summed E-state index contributed by atoms with van der Waals surface area (Å²) in [5.41, 5.74) is 0. The molecule has 3 aliphatic heterocycles. The van der Waals surface area contributed by atoms with E-state index in [1.807, 2.05) is 11.8 Å². The van der Waals surface area contributed by atoms with E-state index < -0.39 is 0 Å². The molecule has 5 nitrogen and oxygen atoms in total. The van der Waals surface area contributed by atoms with Crippen molar-refractivity contribution in [3.8, 4) is 0 Å². The Morgan fingerprint density at radius 2 is 2.21 bits per heavy atom. The van der Waals surface area contributed by atoms with Crippen LogP contribution in [-0.2, 0) is 0 Å². The van der Waals surface area contributed by atoms with Gasteiger partial charge in [-0.15, -0.1) is 5.10 Å². The molecule has 2 N–H and O–H groups in total. The molecule has 6 heteroatoms. The van der Waals surface area contributed by atoms with Crippen molar-refractivity contribution in [3.63, 3.8) is 0 Å². The number of nitrogens with zero attached hydrogens (tertiary/aromatic N) is 3. The minimum Gasteiger partial charge on any atom is -0.338 e. The van der Waals surface area contributed by atoms with Gasteiger partial charge in [-0.3, -0.25) is 5.10 Å². The molecular formula is C13H21N5S. The molecule has 1 aromatic heterocycles. The molecule has 0 aliphatic carbocycles. The number of H-pyrrole nitrogens is 1. The van der Waals surface area contributed by atoms with Crippen LogP contribution in [0.5, 0.6) is 0 Å². The Morgan fingerprint density at radius 1 is 1.21 bits per heavy atom. The van der Waals surface area contributed by atoms with Gasteiger partial charge in [-0.25, -0.2) is 0 Å². The fourth-order valence-corrected chi connectivity index (χ4v) is 4.77. The van der Waals surface area contributed by atoms with Crippen LogP contribution in [-0.4, -0.2) is 46.6 Å². The number of aromatic nitrogens is 3. The van der Waals surface area contributed by atoms with E-state index in [9.17, 15) is 0 Å². The predicted molar refractivity (Wildman–Crippen MR) is 77.5 cm³/mol. The van der Waals surface area contributed by atoms with Crippen LogP contribution in [0.4, 0.5) is 5.95 Å². The van der Waals surface area contributed by atoms with Gasteiger partial charge in [0.2, 0.25) is 5.95 Å². The summed E-state index contributed by atoms with van der Waals surface area (Å²) < 4.78 is 0. The van der Waals surface area contributed by atoms with Crippen molar-refractivity contribution in [3.05, 3.63) is 5.82 Å². The van der Waals surface area contributed by atoms with Gasteiger partial charge < -0.3 is 10.2 Å². The van der Waals surface area contributed by atoms with E-state index in [1.165, 1.54) is 38.0 Å². The standard InChI is InChI=1S/C13H21N5S/c1-3-9-7-18(8-10(9)14-5-1)13-15-12(16-17-13)11-4-2-6-19-11/h9-11,14H,1-8H2,(H,15,16,17). The summed E-state index contributed by atoms with van der Waals surface area (Å²) in [5, 5.41) is 11.8. The molecule has 1 aromatic rings. The molecule has 19 heavy (non-hydrogen) atoms. The topological polar surface area (TPSA) is 56.8 Å². The molecule has 4 heterocycles. The molecule has 3 atom stereocenters. The van der Waals surface area contributed by atoms with Gasteiger partial charge in [-0.2, -0.15) is 16.7 Å². The Bertz CT molecular complexity index is 428. The smallest absolute Gasteiger partial charge is 0.244 e. The summed E-state index contributed by atoms with van der Waals surface area (Å²) in [5.74, 6) is 4.05. The molecule has 3 aliphatic rings. The third-order valence-electron chi connectivity index (χ3n) is 4.61. The molecule has 0 spiro atoms. The molecule has 0 bridgehead atoms. The minimum atomic E-state index is 0.546. The molecule has 3 saturated heterocycles. The van der Waals surface area contributed by atoms with Crippen molar-refractivity contribution in [2.75, 3.05) is 30.3 Å². The first-order valence-electron chi connectivity index (χ1n) is 7.42. The highest BCUT2D eigenvalue weighted by Gasteiger charge is 2.36. The minimum absolute atomic E-state index is 0.546. The van der Waals surface area contributed by atoms with Crippen molar-refractivity contribution < 1.29 is 0 Å². The lowest BCUT2D eigenvalue weighted by atomic mass is 9.94. The quantitative estimate of drug-likeness (QED) is 0.860. The van der Waals surface area contributed by atoms with Gasteiger partial charge >= 0.3 is 0 Å². The molecule has 3 unspecified atom stereocenters. The second kappa shape index (κ2) is 4.98. The largest absolute Gasteiger partial charge is 0.338 e. The SMILES string of the molecule is C1CSC(c2nc(N3CC4CCCNC4C3)n[nH]2)C1. The van der Waals surface area contributed by atoms with E-state index in [0.717, 1.165) is 30.8 Å². The summed E-state index contributed by atoms with van der Waals surface area (Å²) >= 11 is 2.01. The average Bonchev–Trinajstić information content (AvgIpc) is 3.17. The zero-order valence-corrected chi connectivity index (χ0v) is 12.0. The number of fused-ring (bicyclic) bond motifs is 1. The Balaban J connectivity index is 1.47. The van der Waals surface area contributed by atoms with E-state index in [0.29, 0.717) is 11.3 Å². The maximum Gasteiger partial charge on any atom is 0.244 e. The highest BCUT2D eigenvalue weighted by Crippen LogP contribution is 2.38. The molecular weight excluding hydrogens is 258 g/mol. The number of nitrogens with one attached hydrogen (secondary N) is 2. The first-order chi connectivity index (χ1) is 9.40. The zero-order chi connectivity index (χ0) is 12.7. The van der Waals surface area contributed by atoms with Crippen LogP contribution in [0.2, 0.25) is 0 Å². The van der Waals surface area contributed by atoms with Crippen LogP contribution < -0.4 is 10.2 Å². The van der Waals surface area contributed by atoms with Crippen LogP contribution in [0.15, 0.2) is 0 Å². The molecule has 0 radical (unpaired) electrons. The summed E-state index contributed by atoms with van der Waals surface area (Å²) in [7, 11) is 0. The monoisotopic (exact) mass is 279 g/mol. The number of piperidine rings is 1. The van der Waals surface area contributed by atoms with Crippen LogP contribution in [0.1, 0.15) is 36.8 Å². The van der Waals surface area contributed by atoms with Crippen LogP contribution >= 0.6 is 11.8 Å². The molecule has 0 amide bonds. The number of thioether (sulfide) groups is 1. The molecule has 0 aromatic carbocycles. The van der Waals surface area contributed by atoms with Crippen LogP contribution in [0.3, 0.4) is 0 Å². The lowest BCUT2D eigenvalue weighted by Crippen LogP contribution is -2.40. The van der Waals surface area contributed by atoms with Gasteiger partial charge in [0.15, 0.2) is 0 Å². The summed E-state index contributed by atoms with van der Waals surface area (Å²) in [6.45, 7) is 3.36. The fourth-order valence-electron chi connectivity index (χ4n) is 3.55. The first-order valence-corrected chi connectivity index (χ1v) is 8.47. The maximum absolute atomic E-state index is 4.74. The van der Waals surface area contributed by atoms with E-state index in [1.54, 1.807) is 0 Å². The maximum atomic E-state index is 4.74. The van der Waals surface area contributed by atoms with Crippen molar-refractivity contribution in [1.29, 1.82) is 0 Å². The fraction of sp³-hybridized carbons (Fsp3) is 0.846. The molecule has 3 fully saturated rings. The molecule has 104 valence electrons. The van der Waals surface area contributed by atoms with Gasteiger partial charge in [0.1, 0.15) is 5.82 Å². The Morgan fingerprint density at radius 3 is 3.05 bits per heavy atom. The Hall–Kier alpha value is -0.750. The van der Waals surface area contributed by atoms with Gasteiger partial charge in [-0.1, -0.05) is 0 Å². The summed E-state index contributed by atoms with van der Waals surface area (Å²) in [6, 6.07) is 0.650. The highest BCUT2D eigenvalue weighted by molar-refractivity contribution is 7.99. The summed E-state index contributed by atoms with van der Waals surface area (Å²) in [4.78, 5) is 7.10. The zero-order valence-electron chi connectivity index (χ0n) is 11.1. The van der Waals surface area contributed by atoms with E-state index in [2.05, 4.69) is 20.4 Å². The van der Waals surface area contributed by atoms with Gasteiger partial charge in [0, 0.05) is 19.1 Å². The lowest BCUT2D eigenvalue weighted by Gasteiger charge is -2.24. The predicted octanol–water partition coefficient (Wildman–Crippen LogP) is 1.56. The van der Waals surface area contributed by atoms with Gasteiger partial charge in [0.05, 0.1) is 5.25 Å². The normalized spacial score (nSPS) is 34.7. The van der Waals surface area contributed by atoms with Gasteiger partial charge in [-0.05, 0) is 43.9 Å². The molecule has 0 saturated carbocycles. The number of rotatable bonds is 2. The second-order valence-corrected chi connectivity index (χ2v) is 7.20. The van der Waals surface area contributed by atoms with E-state index >= 15 is 0 Å². The lowest BCUT2D eigenvalue weighted by molar-refractivity contribution is 0.340. The summed E-state index contributed by atoms with van der Waals surface area (Å²) in [6.07, 6.45) is 5.21. The average molecular weight is 279 g/mol. The van der Waals surface area contributed by atoms with E-state index in [-0.39, 0.29) is 0 Å². The van der Waals surface area contributed by atoms with E-state index in [4.69, 9.17) is 4.98 Å². The third-order valence-corrected chi connectivity index (χ3v) is 5.99. The number of anilines is 1. The van der Waals surface area contributed by atoms with Crippen molar-refractivity contribution in [2.24, 2.45) is 5.92 Å². The Labute approximate surface area is 117 Å². The Kier molecular flexibility index (Phi) is 3.15. The van der Waals surface area contributed by atoms with Crippen molar-refractivity contribution in [2.45, 2.75) is 37.0 Å². The number of hydrogen-bond acceptors (Lipinski definition) is 5. The number of aromatic amines is 1. The third kappa shape index (κ3) is 2.25. The van der Waals surface area contributed by atoms with Crippen molar-refractivity contribution in [1.82, 2.24) is 20.5 Å². The van der Waals surface area contributed by atoms with Crippen LogP contribution in [0, 0.1) is 5.92 Å². The van der Waals surface area contributed by atoms with Crippen molar-refractivity contribution >= 4 is 17.7 Å². The second-order valence-electron chi connectivity index (χ2n) is 5.89. The molecule has 4 rings (SSSR count).